The number of ether oxygens (including phenoxy) is 3. The quantitative estimate of drug-likeness (QED) is 0.799. The Bertz CT molecular complexity index is 513. The molecule has 1 fully saturated rings. The third kappa shape index (κ3) is 3.73. The molecule has 21 heavy (non-hydrogen) atoms. The molecule has 0 radical (unpaired) electrons. The van der Waals surface area contributed by atoms with Gasteiger partial charge in [-0.05, 0) is 24.1 Å². The highest BCUT2D eigenvalue weighted by molar-refractivity contribution is 5.45. The van der Waals surface area contributed by atoms with Crippen LogP contribution in [0.25, 0.3) is 0 Å². The molecule has 0 N–H and O–H groups in total. The van der Waals surface area contributed by atoms with Crippen molar-refractivity contribution in [1.82, 2.24) is 4.90 Å². The maximum Gasteiger partial charge on any atom is 0.136 e. The third-order valence-electron chi connectivity index (χ3n) is 3.95. The second-order valence-corrected chi connectivity index (χ2v) is 5.28. The summed E-state index contributed by atoms with van der Waals surface area (Å²) in [7, 11) is 5.07. The van der Waals surface area contributed by atoms with Gasteiger partial charge in [-0.25, -0.2) is 0 Å². The third-order valence-corrected chi connectivity index (χ3v) is 3.95. The van der Waals surface area contributed by atoms with E-state index in [-0.39, 0.29) is 6.10 Å². The Morgan fingerprint density at radius 1 is 1.33 bits per heavy atom. The molecule has 2 rings (SSSR count). The van der Waals surface area contributed by atoms with Crippen LogP contribution >= 0.6 is 0 Å². The number of hydrogen-bond acceptors (Lipinski definition) is 5. The van der Waals surface area contributed by atoms with Crippen LogP contribution in [0.5, 0.6) is 5.75 Å². The number of nitriles is 1. The lowest BCUT2D eigenvalue weighted by atomic mass is 10.1. The highest BCUT2D eigenvalue weighted by Gasteiger charge is 2.31. The first-order valence-corrected chi connectivity index (χ1v) is 7.04. The summed E-state index contributed by atoms with van der Waals surface area (Å²) in [6.07, 6.45) is 1.24. The van der Waals surface area contributed by atoms with Gasteiger partial charge in [-0.2, -0.15) is 5.26 Å². The molecule has 0 spiro atoms. The van der Waals surface area contributed by atoms with Gasteiger partial charge < -0.3 is 14.2 Å². The second kappa shape index (κ2) is 7.41. The van der Waals surface area contributed by atoms with E-state index in [0.717, 1.165) is 25.1 Å². The van der Waals surface area contributed by atoms with Crippen LogP contribution < -0.4 is 4.74 Å². The van der Waals surface area contributed by atoms with Gasteiger partial charge >= 0.3 is 0 Å². The number of rotatable bonds is 6. The van der Waals surface area contributed by atoms with Gasteiger partial charge in [0.05, 0.1) is 25.4 Å². The van der Waals surface area contributed by atoms with Crippen LogP contribution in [-0.4, -0.2) is 51.5 Å². The van der Waals surface area contributed by atoms with Crippen LogP contribution in [0.4, 0.5) is 0 Å². The zero-order valence-electron chi connectivity index (χ0n) is 12.8. The number of benzene rings is 1. The maximum absolute atomic E-state index is 9.03. The Morgan fingerprint density at radius 2 is 2.14 bits per heavy atom. The van der Waals surface area contributed by atoms with Crippen molar-refractivity contribution in [2.45, 2.75) is 25.1 Å². The Balaban J connectivity index is 2.11. The fraction of sp³-hybridized carbons (Fsp3) is 0.562. The van der Waals surface area contributed by atoms with Crippen LogP contribution in [0.1, 0.15) is 17.5 Å². The van der Waals surface area contributed by atoms with Crippen molar-refractivity contribution in [3.8, 4) is 11.8 Å². The summed E-state index contributed by atoms with van der Waals surface area (Å²) in [5.41, 5.74) is 1.69. The van der Waals surface area contributed by atoms with E-state index in [9.17, 15) is 0 Å². The van der Waals surface area contributed by atoms with Gasteiger partial charge in [0.2, 0.25) is 0 Å². The molecule has 0 aromatic heterocycles. The molecule has 1 aliphatic rings. The normalized spacial score (nSPS) is 22.2. The molecule has 1 aromatic carbocycles. The molecule has 1 saturated heterocycles. The van der Waals surface area contributed by atoms with Gasteiger partial charge in [0.1, 0.15) is 11.8 Å². The summed E-state index contributed by atoms with van der Waals surface area (Å²) in [6.45, 7) is 2.40. The Morgan fingerprint density at radius 3 is 2.76 bits per heavy atom. The topological polar surface area (TPSA) is 54.7 Å². The van der Waals surface area contributed by atoms with Gasteiger partial charge in [-0.15, -0.1) is 0 Å². The molecule has 2 atom stereocenters. The van der Waals surface area contributed by atoms with Crippen molar-refractivity contribution in [2.24, 2.45) is 0 Å². The van der Waals surface area contributed by atoms with Gasteiger partial charge in [-0.3, -0.25) is 4.90 Å². The highest BCUT2D eigenvalue weighted by Crippen LogP contribution is 2.25. The van der Waals surface area contributed by atoms with Crippen LogP contribution in [0.2, 0.25) is 0 Å². The van der Waals surface area contributed by atoms with E-state index in [4.69, 9.17) is 19.5 Å². The fourth-order valence-electron chi connectivity index (χ4n) is 2.83. The smallest absolute Gasteiger partial charge is 0.136 e. The Labute approximate surface area is 126 Å². The molecule has 0 bridgehead atoms. The van der Waals surface area contributed by atoms with Crippen molar-refractivity contribution in [1.29, 1.82) is 5.26 Å². The highest BCUT2D eigenvalue weighted by atomic mass is 16.5. The standard InChI is InChI=1S/C16H22N2O3/c1-19-11-14-7-15(20-2)10-18(14)9-12-4-5-13(8-17)16(6-12)21-3/h4-6,14-15H,7,9-11H2,1-3H3/t14-,15-/m0/s1. The molecule has 5 nitrogen and oxygen atoms in total. The largest absolute Gasteiger partial charge is 0.495 e. The first-order valence-electron chi connectivity index (χ1n) is 7.04. The lowest BCUT2D eigenvalue weighted by Crippen LogP contribution is -2.32. The van der Waals surface area contributed by atoms with Gasteiger partial charge in [0.25, 0.3) is 0 Å². The fourth-order valence-corrected chi connectivity index (χ4v) is 2.83. The number of methoxy groups -OCH3 is 3. The molecule has 5 heteroatoms. The minimum absolute atomic E-state index is 0.255. The Kier molecular flexibility index (Phi) is 5.57. The van der Waals surface area contributed by atoms with Crippen LogP contribution in [0, 0.1) is 11.3 Å². The second-order valence-electron chi connectivity index (χ2n) is 5.28. The minimum atomic E-state index is 0.255. The van der Waals surface area contributed by atoms with Crippen molar-refractivity contribution in [3.05, 3.63) is 29.3 Å². The summed E-state index contributed by atoms with van der Waals surface area (Å²) in [5.74, 6) is 0.626. The van der Waals surface area contributed by atoms with E-state index in [1.165, 1.54) is 0 Å². The van der Waals surface area contributed by atoms with E-state index in [1.54, 1.807) is 21.3 Å². The minimum Gasteiger partial charge on any atom is -0.495 e. The van der Waals surface area contributed by atoms with Crippen LogP contribution in [0.3, 0.4) is 0 Å². The van der Waals surface area contributed by atoms with Gasteiger partial charge in [0, 0.05) is 33.4 Å². The lowest BCUT2D eigenvalue weighted by molar-refractivity contribution is 0.106. The zero-order valence-corrected chi connectivity index (χ0v) is 12.8. The molecule has 1 heterocycles. The molecule has 0 aliphatic carbocycles. The zero-order chi connectivity index (χ0) is 15.2. The van der Waals surface area contributed by atoms with E-state index >= 15 is 0 Å². The first-order chi connectivity index (χ1) is 10.2. The van der Waals surface area contributed by atoms with Crippen molar-refractivity contribution in [3.63, 3.8) is 0 Å². The molecular formula is C16H22N2O3. The molecule has 1 aliphatic heterocycles. The van der Waals surface area contributed by atoms with Crippen molar-refractivity contribution < 1.29 is 14.2 Å². The predicted molar refractivity (Wildman–Crippen MR) is 79.2 cm³/mol. The van der Waals surface area contributed by atoms with Gasteiger partial charge in [-0.1, -0.05) is 6.07 Å². The van der Waals surface area contributed by atoms with Gasteiger partial charge in [0.15, 0.2) is 0 Å². The monoisotopic (exact) mass is 290 g/mol. The van der Waals surface area contributed by atoms with E-state index in [1.807, 2.05) is 18.2 Å². The van der Waals surface area contributed by atoms with E-state index < -0.39 is 0 Å². The molecular weight excluding hydrogens is 268 g/mol. The molecule has 0 unspecified atom stereocenters. The summed E-state index contributed by atoms with van der Waals surface area (Å²) in [5, 5.41) is 9.03. The molecule has 1 aromatic rings. The molecule has 0 saturated carbocycles. The van der Waals surface area contributed by atoms with Crippen molar-refractivity contribution >= 4 is 0 Å². The molecule has 0 amide bonds. The first kappa shape index (κ1) is 15.8. The summed E-state index contributed by atoms with van der Waals surface area (Å²) >= 11 is 0. The van der Waals surface area contributed by atoms with Crippen LogP contribution in [-0.2, 0) is 16.0 Å². The SMILES string of the molecule is COC[C@@H]1C[C@H](OC)CN1Cc1ccc(C#N)c(OC)c1. The van der Waals surface area contributed by atoms with Crippen molar-refractivity contribution in [2.75, 3.05) is 34.5 Å². The maximum atomic E-state index is 9.03. The summed E-state index contributed by atoms with van der Waals surface area (Å²) < 4.78 is 16.0. The average Bonchev–Trinajstić information content (AvgIpc) is 2.89. The van der Waals surface area contributed by atoms with E-state index in [2.05, 4.69) is 11.0 Å². The summed E-state index contributed by atoms with van der Waals surface area (Å²) in [6, 6.07) is 8.22. The molecule has 114 valence electrons. The number of likely N-dealkylation sites (tertiary alicyclic amines) is 1. The predicted octanol–water partition coefficient (Wildman–Crippen LogP) is 1.80. The van der Waals surface area contributed by atoms with E-state index in [0.29, 0.717) is 24.0 Å². The summed E-state index contributed by atoms with van der Waals surface area (Å²) in [4.78, 5) is 2.36. The lowest BCUT2D eigenvalue weighted by Gasteiger charge is -2.23. The number of hydrogen-bond donors (Lipinski definition) is 0. The number of nitrogens with zero attached hydrogens (tertiary/aromatic N) is 2. The average molecular weight is 290 g/mol. The Hall–Kier alpha value is -1.61. The van der Waals surface area contributed by atoms with Crippen LogP contribution in [0.15, 0.2) is 18.2 Å².